The van der Waals surface area contributed by atoms with Crippen LogP contribution in [0.4, 0.5) is 16.0 Å². The quantitative estimate of drug-likeness (QED) is 0.716. The Morgan fingerprint density at radius 2 is 1.92 bits per heavy atom. The molecule has 5 heterocycles. The summed E-state index contributed by atoms with van der Waals surface area (Å²) in [4.78, 5) is 22.1. The number of piperidine rings is 1. The number of benzene rings is 1. The van der Waals surface area contributed by atoms with E-state index in [0.29, 0.717) is 17.6 Å². The van der Waals surface area contributed by atoms with Crippen molar-refractivity contribution in [2.75, 3.05) is 22.9 Å². The Morgan fingerprint density at radius 3 is 2.72 bits per heavy atom. The molecule has 126 valence electrons. The third kappa shape index (κ3) is 2.30. The molecule has 1 aromatic carbocycles. The van der Waals surface area contributed by atoms with Crippen LogP contribution in [0.3, 0.4) is 0 Å². The van der Waals surface area contributed by atoms with Gasteiger partial charge in [-0.25, -0.2) is 24.3 Å². The van der Waals surface area contributed by atoms with Gasteiger partial charge in [-0.05, 0) is 31.5 Å². The largest absolute Gasteiger partial charge is 0.352 e. The maximum Gasteiger partial charge on any atom is 0.140 e. The fraction of sp³-hybridized carbons (Fsp3) is 0.333. The van der Waals surface area contributed by atoms with Crippen LogP contribution in [0.15, 0.2) is 36.8 Å². The van der Waals surface area contributed by atoms with Gasteiger partial charge in [0.05, 0.1) is 17.6 Å². The predicted octanol–water partition coefficient (Wildman–Crippen LogP) is 2.33. The summed E-state index contributed by atoms with van der Waals surface area (Å²) in [6.45, 7) is 3.71. The molecule has 3 aliphatic heterocycles. The van der Waals surface area contributed by atoms with E-state index in [2.05, 4.69) is 29.7 Å². The van der Waals surface area contributed by atoms with E-state index in [1.165, 1.54) is 18.5 Å². The van der Waals surface area contributed by atoms with Crippen LogP contribution in [0.2, 0.25) is 0 Å². The highest BCUT2D eigenvalue weighted by Gasteiger charge is 2.46. The van der Waals surface area contributed by atoms with E-state index >= 15 is 0 Å². The molecule has 6 rings (SSSR count). The zero-order valence-corrected chi connectivity index (χ0v) is 13.8. The normalized spacial score (nSPS) is 22.2. The molecule has 7 heteroatoms. The fourth-order valence-electron chi connectivity index (χ4n) is 3.98. The lowest BCUT2D eigenvalue weighted by Crippen LogP contribution is -2.69. The molecule has 0 radical (unpaired) electrons. The number of aryl methyl sites for hydroxylation is 1. The minimum atomic E-state index is -0.272. The second-order valence-electron chi connectivity index (χ2n) is 6.68. The Hall–Kier alpha value is -2.83. The Morgan fingerprint density at radius 1 is 1.08 bits per heavy atom. The number of hydrogen-bond acceptors (Lipinski definition) is 6. The van der Waals surface area contributed by atoms with Gasteiger partial charge >= 0.3 is 0 Å². The van der Waals surface area contributed by atoms with Gasteiger partial charge in [-0.15, -0.1) is 0 Å². The second-order valence-corrected chi connectivity index (χ2v) is 6.68. The molecule has 25 heavy (non-hydrogen) atoms. The second kappa shape index (κ2) is 5.34. The van der Waals surface area contributed by atoms with Crippen molar-refractivity contribution in [1.29, 1.82) is 0 Å². The van der Waals surface area contributed by atoms with Crippen molar-refractivity contribution in [1.82, 2.24) is 19.9 Å². The van der Waals surface area contributed by atoms with Gasteiger partial charge in [0.15, 0.2) is 0 Å². The monoisotopic (exact) mass is 336 g/mol. The third-order valence-corrected chi connectivity index (χ3v) is 5.10. The number of anilines is 2. The van der Waals surface area contributed by atoms with Crippen LogP contribution in [0.5, 0.6) is 0 Å². The summed E-state index contributed by atoms with van der Waals surface area (Å²) in [5.41, 5.74) is 0.651. The van der Waals surface area contributed by atoms with Crippen LogP contribution in [-0.4, -0.2) is 45.1 Å². The first-order chi connectivity index (χ1) is 12.2. The van der Waals surface area contributed by atoms with Gasteiger partial charge in [0.25, 0.3) is 0 Å². The Bertz CT molecular complexity index is 949. The molecule has 2 aromatic heterocycles. The minimum Gasteiger partial charge on any atom is -0.352 e. The topological polar surface area (TPSA) is 58.0 Å². The Labute approximate surface area is 144 Å². The molecular weight excluding hydrogens is 319 g/mol. The van der Waals surface area contributed by atoms with Crippen molar-refractivity contribution in [2.24, 2.45) is 0 Å². The summed E-state index contributed by atoms with van der Waals surface area (Å²) in [6.07, 6.45) is 4.48. The molecule has 0 saturated carbocycles. The Balaban J connectivity index is 1.45. The lowest BCUT2D eigenvalue weighted by atomic mass is 9.87. The average Bonchev–Trinajstić information content (AvgIpc) is 2.62. The molecule has 2 unspecified atom stereocenters. The number of piperazine rings is 1. The maximum atomic E-state index is 13.5. The van der Waals surface area contributed by atoms with Crippen LogP contribution >= 0.6 is 0 Å². The van der Waals surface area contributed by atoms with Gasteiger partial charge in [-0.1, -0.05) is 0 Å². The van der Waals surface area contributed by atoms with E-state index in [0.717, 1.165) is 42.4 Å². The summed E-state index contributed by atoms with van der Waals surface area (Å²) >= 11 is 0. The molecule has 3 aliphatic rings. The first-order valence-electron chi connectivity index (χ1n) is 8.42. The van der Waals surface area contributed by atoms with Crippen molar-refractivity contribution in [2.45, 2.75) is 25.4 Å². The summed E-state index contributed by atoms with van der Waals surface area (Å²) in [5, 5.41) is 0.907. The molecule has 3 fully saturated rings. The molecule has 2 atom stereocenters. The van der Waals surface area contributed by atoms with E-state index in [1.807, 2.05) is 19.2 Å². The SMILES string of the molecule is Cc1nccc(N2CC3CC(C2)N3c2ncnc3cc(F)ccc23)n1. The average molecular weight is 336 g/mol. The van der Waals surface area contributed by atoms with E-state index in [-0.39, 0.29) is 5.82 Å². The highest BCUT2D eigenvalue weighted by atomic mass is 19.1. The standard InChI is InChI=1S/C18H17FN6/c1-11-20-5-4-17(23-11)24-8-13-7-14(9-24)25(13)18-15-3-2-12(19)6-16(15)21-10-22-18/h2-6,10,13-14H,7-9H2,1H3. The van der Waals surface area contributed by atoms with E-state index in [1.54, 1.807) is 6.07 Å². The Kier molecular flexibility index (Phi) is 3.10. The molecule has 3 saturated heterocycles. The predicted molar refractivity (Wildman–Crippen MR) is 93.2 cm³/mol. The molecule has 0 aliphatic carbocycles. The van der Waals surface area contributed by atoms with Crippen molar-refractivity contribution in [3.05, 3.63) is 48.4 Å². The van der Waals surface area contributed by atoms with Crippen LogP contribution in [-0.2, 0) is 0 Å². The summed E-state index contributed by atoms with van der Waals surface area (Å²) in [5.74, 6) is 2.41. The molecule has 2 bridgehead atoms. The van der Waals surface area contributed by atoms with Crippen molar-refractivity contribution in [3.8, 4) is 0 Å². The van der Waals surface area contributed by atoms with Crippen LogP contribution < -0.4 is 9.80 Å². The third-order valence-electron chi connectivity index (χ3n) is 5.10. The van der Waals surface area contributed by atoms with Gasteiger partial charge in [-0.2, -0.15) is 0 Å². The molecule has 0 spiro atoms. The van der Waals surface area contributed by atoms with E-state index in [4.69, 9.17) is 0 Å². The van der Waals surface area contributed by atoms with Crippen LogP contribution in [0.25, 0.3) is 10.9 Å². The van der Waals surface area contributed by atoms with Crippen molar-refractivity contribution < 1.29 is 4.39 Å². The zero-order valence-electron chi connectivity index (χ0n) is 13.8. The summed E-state index contributed by atoms with van der Waals surface area (Å²) < 4.78 is 13.5. The van der Waals surface area contributed by atoms with Crippen molar-refractivity contribution in [3.63, 3.8) is 0 Å². The van der Waals surface area contributed by atoms with E-state index < -0.39 is 0 Å². The molecule has 0 amide bonds. The minimum absolute atomic E-state index is 0.272. The first-order valence-corrected chi connectivity index (χ1v) is 8.42. The van der Waals surface area contributed by atoms with Gasteiger partial charge in [-0.3, -0.25) is 0 Å². The number of halogens is 1. The first kappa shape index (κ1) is 14.5. The van der Waals surface area contributed by atoms with Crippen LogP contribution in [0.1, 0.15) is 12.2 Å². The smallest absolute Gasteiger partial charge is 0.140 e. The molecule has 6 nitrogen and oxygen atoms in total. The number of aromatic nitrogens is 4. The highest BCUT2D eigenvalue weighted by Crippen LogP contribution is 2.39. The fourth-order valence-corrected chi connectivity index (χ4v) is 3.98. The zero-order chi connectivity index (χ0) is 17.0. The van der Waals surface area contributed by atoms with E-state index in [9.17, 15) is 4.39 Å². The maximum absolute atomic E-state index is 13.5. The number of rotatable bonds is 2. The van der Waals surface area contributed by atoms with Gasteiger partial charge in [0.1, 0.15) is 29.6 Å². The van der Waals surface area contributed by atoms with Crippen molar-refractivity contribution >= 4 is 22.5 Å². The van der Waals surface area contributed by atoms with Gasteiger partial charge in [0.2, 0.25) is 0 Å². The van der Waals surface area contributed by atoms with Gasteiger partial charge < -0.3 is 9.80 Å². The summed E-state index contributed by atoms with van der Waals surface area (Å²) in [6, 6.07) is 7.45. The van der Waals surface area contributed by atoms with Gasteiger partial charge in [0, 0.05) is 30.7 Å². The molecule has 3 aromatic rings. The highest BCUT2D eigenvalue weighted by molar-refractivity contribution is 5.90. The lowest BCUT2D eigenvalue weighted by molar-refractivity contribution is 0.288. The lowest BCUT2D eigenvalue weighted by Gasteiger charge is -2.57. The van der Waals surface area contributed by atoms with Crippen LogP contribution in [0, 0.1) is 12.7 Å². The number of fused-ring (bicyclic) bond motifs is 3. The molecular formula is C18H17FN6. The molecule has 0 N–H and O–H groups in total. The summed E-state index contributed by atoms with van der Waals surface area (Å²) in [7, 11) is 0. The number of nitrogens with zero attached hydrogens (tertiary/aromatic N) is 6. The number of hydrogen-bond donors (Lipinski definition) is 0.